The van der Waals surface area contributed by atoms with E-state index in [-0.39, 0.29) is 16.0 Å². The van der Waals surface area contributed by atoms with Crippen LogP contribution in [-0.4, -0.2) is 11.0 Å². The molecule has 0 heterocycles. The van der Waals surface area contributed by atoms with Crippen molar-refractivity contribution in [2.24, 2.45) is 0 Å². The van der Waals surface area contributed by atoms with Gasteiger partial charge in [-0.3, -0.25) is 10.1 Å². The van der Waals surface area contributed by atoms with Gasteiger partial charge in [0.25, 0.3) is 5.69 Å². The summed E-state index contributed by atoms with van der Waals surface area (Å²) in [5, 5.41) is 11.0. The molecular weight excluding hydrogens is 218 g/mol. The lowest BCUT2D eigenvalue weighted by Crippen LogP contribution is -2.14. The van der Waals surface area contributed by atoms with E-state index in [1.54, 1.807) is 12.1 Å². The van der Waals surface area contributed by atoms with Crippen LogP contribution in [0.5, 0.6) is 5.75 Å². The molecule has 17 heavy (non-hydrogen) atoms. The molecule has 4 heteroatoms. The lowest BCUT2D eigenvalue weighted by molar-refractivity contribution is -0.386. The maximum atomic E-state index is 11.0. The maximum absolute atomic E-state index is 11.0. The molecule has 0 spiro atoms. The zero-order valence-corrected chi connectivity index (χ0v) is 10.4. The largest absolute Gasteiger partial charge is 0.490 e. The van der Waals surface area contributed by atoms with E-state index >= 15 is 0 Å². The SMILES string of the molecule is CC(C)(C)c1cc(OC2CC2)ccc1[N+](=O)[O-]. The third kappa shape index (κ3) is 2.75. The summed E-state index contributed by atoms with van der Waals surface area (Å²) in [6.45, 7) is 5.91. The molecule has 0 unspecified atom stereocenters. The summed E-state index contributed by atoms with van der Waals surface area (Å²) in [6, 6.07) is 5.03. The lowest BCUT2D eigenvalue weighted by Gasteiger charge is -2.19. The highest BCUT2D eigenvalue weighted by atomic mass is 16.6. The van der Waals surface area contributed by atoms with Crippen LogP contribution in [0.3, 0.4) is 0 Å². The summed E-state index contributed by atoms with van der Waals surface area (Å²) in [7, 11) is 0. The van der Waals surface area contributed by atoms with Crippen molar-refractivity contribution in [2.75, 3.05) is 0 Å². The number of ether oxygens (including phenoxy) is 1. The second kappa shape index (κ2) is 4.02. The Balaban J connectivity index is 2.38. The second-order valence-electron chi connectivity index (χ2n) is 5.50. The van der Waals surface area contributed by atoms with Crippen LogP contribution in [0.4, 0.5) is 5.69 Å². The Morgan fingerprint density at radius 3 is 2.47 bits per heavy atom. The Morgan fingerprint density at radius 2 is 2.00 bits per heavy atom. The third-order valence-corrected chi connectivity index (χ3v) is 2.80. The van der Waals surface area contributed by atoms with Crippen LogP contribution in [0.15, 0.2) is 18.2 Å². The highest BCUT2D eigenvalue weighted by molar-refractivity contribution is 5.48. The Bertz CT molecular complexity index is 444. The standard InChI is InChI=1S/C13H17NO3/c1-13(2,3)11-8-10(17-9-4-5-9)6-7-12(11)14(15)16/h6-9H,4-5H2,1-3H3. The van der Waals surface area contributed by atoms with Gasteiger partial charge < -0.3 is 4.74 Å². The van der Waals surface area contributed by atoms with Gasteiger partial charge in [0.1, 0.15) is 5.75 Å². The third-order valence-electron chi connectivity index (χ3n) is 2.80. The molecule has 0 aromatic heterocycles. The highest BCUT2D eigenvalue weighted by Gasteiger charge is 2.28. The fraction of sp³-hybridized carbons (Fsp3) is 0.538. The van der Waals surface area contributed by atoms with E-state index in [1.807, 2.05) is 20.8 Å². The van der Waals surface area contributed by atoms with Gasteiger partial charge in [0.2, 0.25) is 0 Å². The smallest absolute Gasteiger partial charge is 0.273 e. The van der Waals surface area contributed by atoms with Crippen LogP contribution in [-0.2, 0) is 5.41 Å². The first-order valence-corrected chi connectivity index (χ1v) is 5.83. The molecule has 1 saturated carbocycles. The number of nitro groups is 1. The van der Waals surface area contributed by atoms with Crippen LogP contribution in [0, 0.1) is 10.1 Å². The summed E-state index contributed by atoms with van der Waals surface area (Å²) in [5.41, 5.74) is 0.631. The minimum atomic E-state index is -0.332. The van der Waals surface area contributed by atoms with E-state index in [0.717, 1.165) is 24.2 Å². The van der Waals surface area contributed by atoms with Gasteiger partial charge in [-0.15, -0.1) is 0 Å². The predicted octanol–water partition coefficient (Wildman–Crippen LogP) is 3.43. The first-order valence-electron chi connectivity index (χ1n) is 5.83. The van der Waals surface area contributed by atoms with Gasteiger partial charge in [0.15, 0.2) is 0 Å². The van der Waals surface area contributed by atoms with Crippen molar-refractivity contribution in [2.45, 2.75) is 45.1 Å². The van der Waals surface area contributed by atoms with Gasteiger partial charge >= 0.3 is 0 Å². The topological polar surface area (TPSA) is 52.4 Å². The molecule has 4 nitrogen and oxygen atoms in total. The van der Waals surface area contributed by atoms with Crippen molar-refractivity contribution in [1.29, 1.82) is 0 Å². The fourth-order valence-corrected chi connectivity index (χ4v) is 1.73. The van der Waals surface area contributed by atoms with E-state index < -0.39 is 0 Å². The van der Waals surface area contributed by atoms with Crippen molar-refractivity contribution in [3.05, 3.63) is 33.9 Å². The van der Waals surface area contributed by atoms with Crippen LogP contribution >= 0.6 is 0 Å². The molecule has 1 aromatic carbocycles. The molecule has 0 aliphatic heterocycles. The highest BCUT2D eigenvalue weighted by Crippen LogP contribution is 2.35. The number of nitro benzene ring substituents is 1. The van der Waals surface area contributed by atoms with Crippen LogP contribution in [0.25, 0.3) is 0 Å². The zero-order chi connectivity index (χ0) is 12.6. The lowest BCUT2D eigenvalue weighted by atomic mass is 9.85. The molecule has 0 atom stereocenters. The molecule has 2 rings (SSSR count). The van der Waals surface area contributed by atoms with Crippen molar-refractivity contribution >= 4 is 5.69 Å². The average molecular weight is 235 g/mol. The Hall–Kier alpha value is -1.58. The van der Waals surface area contributed by atoms with E-state index in [4.69, 9.17) is 4.74 Å². The van der Waals surface area contributed by atoms with Crippen LogP contribution in [0.1, 0.15) is 39.2 Å². The first-order chi connectivity index (χ1) is 7.88. The van der Waals surface area contributed by atoms with E-state index in [0.29, 0.717) is 6.10 Å². The van der Waals surface area contributed by atoms with Gasteiger partial charge in [-0.1, -0.05) is 20.8 Å². The fourth-order valence-electron chi connectivity index (χ4n) is 1.73. The van der Waals surface area contributed by atoms with Crippen molar-refractivity contribution in [3.63, 3.8) is 0 Å². The summed E-state index contributed by atoms with van der Waals surface area (Å²) in [4.78, 5) is 10.6. The summed E-state index contributed by atoms with van der Waals surface area (Å²) in [6.07, 6.45) is 2.48. The van der Waals surface area contributed by atoms with E-state index in [1.165, 1.54) is 6.07 Å². The van der Waals surface area contributed by atoms with Gasteiger partial charge in [-0.25, -0.2) is 0 Å². The first kappa shape index (κ1) is 11.9. The van der Waals surface area contributed by atoms with Crippen molar-refractivity contribution in [3.8, 4) is 5.75 Å². The maximum Gasteiger partial charge on any atom is 0.273 e. The van der Waals surface area contributed by atoms with E-state index in [2.05, 4.69) is 0 Å². The number of hydrogen-bond donors (Lipinski definition) is 0. The van der Waals surface area contributed by atoms with Crippen molar-refractivity contribution < 1.29 is 9.66 Å². The normalized spacial score (nSPS) is 15.7. The minimum Gasteiger partial charge on any atom is -0.490 e. The Kier molecular flexibility index (Phi) is 2.81. The number of nitrogens with zero attached hydrogens (tertiary/aromatic N) is 1. The number of rotatable bonds is 3. The molecule has 1 aliphatic rings. The second-order valence-corrected chi connectivity index (χ2v) is 5.50. The molecule has 1 fully saturated rings. The summed E-state index contributed by atoms with van der Waals surface area (Å²) in [5.74, 6) is 0.739. The predicted molar refractivity (Wildman–Crippen MR) is 65.4 cm³/mol. The summed E-state index contributed by atoms with van der Waals surface area (Å²) < 4.78 is 5.67. The molecule has 0 radical (unpaired) electrons. The molecule has 1 aromatic rings. The average Bonchev–Trinajstić information content (AvgIpc) is 3.00. The van der Waals surface area contributed by atoms with Crippen LogP contribution in [0.2, 0.25) is 0 Å². The molecular formula is C13H17NO3. The quantitative estimate of drug-likeness (QED) is 0.595. The molecule has 92 valence electrons. The minimum absolute atomic E-state index is 0.167. The monoisotopic (exact) mass is 235 g/mol. The van der Waals surface area contributed by atoms with E-state index in [9.17, 15) is 10.1 Å². The van der Waals surface area contributed by atoms with Gasteiger partial charge in [0, 0.05) is 11.6 Å². The van der Waals surface area contributed by atoms with Gasteiger partial charge in [-0.2, -0.15) is 0 Å². The number of hydrogen-bond acceptors (Lipinski definition) is 3. The van der Waals surface area contributed by atoms with Crippen molar-refractivity contribution in [1.82, 2.24) is 0 Å². The van der Waals surface area contributed by atoms with Gasteiger partial charge in [0.05, 0.1) is 11.0 Å². The zero-order valence-electron chi connectivity index (χ0n) is 10.4. The summed E-state index contributed by atoms with van der Waals surface area (Å²) >= 11 is 0. The molecule has 0 N–H and O–H groups in total. The molecule has 1 aliphatic carbocycles. The number of benzene rings is 1. The Morgan fingerprint density at radius 1 is 1.35 bits per heavy atom. The molecule has 0 saturated heterocycles. The molecule has 0 bridgehead atoms. The Labute approximate surface area is 101 Å². The molecule has 0 amide bonds. The van der Waals surface area contributed by atoms with Crippen LogP contribution < -0.4 is 4.74 Å². The van der Waals surface area contributed by atoms with Gasteiger partial charge in [-0.05, 0) is 30.4 Å².